The molecule has 1 rings (SSSR count). The fraction of sp³-hybridized carbons (Fsp3) is 1.00. The van der Waals surface area contributed by atoms with Crippen molar-refractivity contribution >= 4 is 35.9 Å². The first-order valence-corrected chi connectivity index (χ1v) is 5.96. The maximum Gasteiger partial charge on any atom is 0.0503 e. The molecule has 1 saturated heterocycles. The molecule has 2 N–H and O–H groups in total. The van der Waals surface area contributed by atoms with Gasteiger partial charge in [0.15, 0.2) is 0 Å². The van der Waals surface area contributed by atoms with Gasteiger partial charge in [-0.05, 0) is 37.3 Å². The lowest BCUT2D eigenvalue weighted by atomic mass is 10.3. The highest BCUT2D eigenvalue weighted by atomic mass is 35.5. The lowest BCUT2D eigenvalue weighted by Gasteiger charge is -2.20. The minimum Gasteiger partial charge on any atom is -0.330 e. The van der Waals surface area contributed by atoms with Crippen LogP contribution < -0.4 is 5.73 Å². The molecular formula is C7H16ClNS2. The highest BCUT2D eigenvalue weighted by Crippen LogP contribution is 2.33. The summed E-state index contributed by atoms with van der Waals surface area (Å²) in [6.45, 7) is 0.859. The van der Waals surface area contributed by atoms with Gasteiger partial charge in [-0.25, -0.2) is 0 Å². The molecule has 1 fully saturated rings. The van der Waals surface area contributed by atoms with Crippen molar-refractivity contribution in [2.24, 2.45) is 5.73 Å². The molecule has 0 radical (unpaired) electrons. The summed E-state index contributed by atoms with van der Waals surface area (Å²) >= 11 is 4.22. The zero-order valence-electron chi connectivity index (χ0n) is 6.62. The Morgan fingerprint density at radius 2 is 1.91 bits per heavy atom. The fourth-order valence-corrected chi connectivity index (χ4v) is 3.95. The van der Waals surface area contributed by atoms with Crippen molar-refractivity contribution in [1.29, 1.82) is 0 Å². The van der Waals surface area contributed by atoms with Crippen molar-refractivity contribution in [3.63, 3.8) is 0 Å². The summed E-state index contributed by atoms with van der Waals surface area (Å²) in [5, 5.41) is 0. The van der Waals surface area contributed by atoms with Gasteiger partial charge >= 0.3 is 0 Å². The lowest BCUT2D eigenvalue weighted by molar-refractivity contribution is 0.793. The fourth-order valence-electron chi connectivity index (χ4n) is 0.988. The summed E-state index contributed by atoms with van der Waals surface area (Å²) in [4.78, 5) is 0. The smallest absolute Gasteiger partial charge is 0.0503 e. The van der Waals surface area contributed by atoms with E-state index in [0.717, 1.165) is 11.1 Å². The van der Waals surface area contributed by atoms with Crippen LogP contribution in [0.15, 0.2) is 0 Å². The number of hydrogen-bond acceptors (Lipinski definition) is 3. The lowest BCUT2D eigenvalue weighted by Crippen LogP contribution is -2.09. The van der Waals surface area contributed by atoms with Crippen LogP contribution in [0.1, 0.15) is 19.3 Å². The van der Waals surface area contributed by atoms with Crippen LogP contribution in [0.5, 0.6) is 0 Å². The average Bonchev–Trinajstić information content (AvgIpc) is 2.03. The predicted molar refractivity (Wildman–Crippen MR) is 58.9 cm³/mol. The van der Waals surface area contributed by atoms with Crippen LogP contribution in [0.4, 0.5) is 0 Å². The third kappa shape index (κ3) is 5.23. The summed E-state index contributed by atoms with van der Waals surface area (Å²) in [6, 6.07) is 0. The molecule has 11 heavy (non-hydrogen) atoms. The molecule has 1 aliphatic rings. The molecule has 0 aromatic carbocycles. The van der Waals surface area contributed by atoms with Gasteiger partial charge in [0.1, 0.15) is 0 Å². The van der Waals surface area contributed by atoms with E-state index in [1.165, 1.54) is 30.8 Å². The first-order valence-electron chi connectivity index (χ1n) is 3.87. The molecule has 0 saturated carbocycles. The molecule has 68 valence electrons. The van der Waals surface area contributed by atoms with E-state index in [2.05, 4.69) is 23.5 Å². The molecule has 0 aromatic heterocycles. The standard InChI is InChI=1S/C7H15NS2.ClH/c8-4-1-3-7-9-5-2-6-10-7;/h7H,1-6,8H2;1H. The van der Waals surface area contributed by atoms with Crippen molar-refractivity contribution in [1.82, 2.24) is 0 Å². The number of hydrogen-bond donors (Lipinski definition) is 1. The van der Waals surface area contributed by atoms with Gasteiger partial charge in [-0.3, -0.25) is 0 Å². The first kappa shape index (κ1) is 11.9. The summed E-state index contributed by atoms with van der Waals surface area (Å²) in [6.07, 6.45) is 3.91. The Kier molecular flexibility index (Phi) is 8.25. The average molecular weight is 214 g/mol. The van der Waals surface area contributed by atoms with E-state index >= 15 is 0 Å². The SMILES string of the molecule is Cl.NCCCC1SCCCS1. The monoisotopic (exact) mass is 213 g/mol. The van der Waals surface area contributed by atoms with Gasteiger partial charge in [0.05, 0.1) is 4.58 Å². The molecule has 1 heterocycles. The third-order valence-electron chi connectivity index (χ3n) is 1.54. The molecule has 4 heteroatoms. The second-order valence-corrected chi connectivity index (χ2v) is 5.38. The second-order valence-electron chi connectivity index (χ2n) is 2.46. The van der Waals surface area contributed by atoms with E-state index in [9.17, 15) is 0 Å². The van der Waals surface area contributed by atoms with E-state index in [0.29, 0.717) is 0 Å². The van der Waals surface area contributed by atoms with Crippen LogP contribution in [-0.4, -0.2) is 22.6 Å². The van der Waals surface area contributed by atoms with E-state index in [1.54, 1.807) is 0 Å². The van der Waals surface area contributed by atoms with Crippen LogP contribution in [0.3, 0.4) is 0 Å². The Balaban J connectivity index is 0.000001000. The van der Waals surface area contributed by atoms with Crippen LogP contribution in [-0.2, 0) is 0 Å². The Bertz CT molecular complexity index is 86.5. The highest BCUT2D eigenvalue weighted by Gasteiger charge is 2.12. The van der Waals surface area contributed by atoms with Gasteiger partial charge in [0.2, 0.25) is 0 Å². The topological polar surface area (TPSA) is 26.0 Å². The van der Waals surface area contributed by atoms with Gasteiger partial charge < -0.3 is 5.73 Å². The number of nitrogens with two attached hydrogens (primary N) is 1. The Morgan fingerprint density at radius 3 is 2.45 bits per heavy atom. The largest absolute Gasteiger partial charge is 0.330 e. The van der Waals surface area contributed by atoms with Crippen molar-refractivity contribution in [2.45, 2.75) is 23.8 Å². The maximum atomic E-state index is 5.43. The van der Waals surface area contributed by atoms with Crippen molar-refractivity contribution in [3.8, 4) is 0 Å². The Labute approximate surface area is 83.7 Å². The summed E-state index contributed by atoms with van der Waals surface area (Å²) in [5.74, 6) is 2.73. The van der Waals surface area contributed by atoms with E-state index in [4.69, 9.17) is 5.73 Å². The predicted octanol–water partition coefficient (Wildman–Crippen LogP) is 2.34. The second kappa shape index (κ2) is 7.59. The van der Waals surface area contributed by atoms with Crippen molar-refractivity contribution in [3.05, 3.63) is 0 Å². The molecule has 0 atom stereocenters. The zero-order chi connectivity index (χ0) is 7.23. The molecule has 0 unspecified atom stereocenters. The van der Waals surface area contributed by atoms with Crippen molar-refractivity contribution < 1.29 is 0 Å². The molecule has 0 aromatic rings. The van der Waals surface area contributed by atoms with Gasteiger partial charge in [0.25, 0.3) is 0 Å². The van der Waals surface area contributed by atoms with Crippen LogP contribution in [0, 0.1) is 0 Å². The molecular weight excluding hydrogens is 198 g/mol. The quantitative estimate of drug-likeness (QED) is 0.780. The minimum atomic E-state index is 0. The summed E-state index contributed by atoms with van der Waals surface area (Å²) in [5.41, 5.74) is 5.43. The number of thioether (sulfide) groups is 2. The third-order valence-corrected chi connectivity index (χ3v) is 4.62. The maximum absolute atomic E-state index is 5.43. The Hall–Kier alpha value is 0.950. The van der Waals surface area contributed by atoms with Gasteiger partial charge in [-0.15, -0.1) is 35.9 Å². The molecule has 0 bridgehead atoms. The summed E-state index contributed by atoms with van der Waals surface area (Å²) in [7, 11) is 0. The zero-order valence-corrected chi connectivity index (χ0v) is 9.07. The highest BCUT2D eigenvalue weighted by molar-refractivity contribution is 8.17. The molecule has 0 spiro atoms. The summed E-state index contributed by atoms with van der Waals surface area (Å²) < 4.78 is 0.859. The van der Waals surface area contributed by atoms with E-state index in [-0.39, 0.29) is 12.4 Å². The normalized spacial score (nSPS) is 19.4. The van der Waals surface area contributed by atoms with E-state index in [1.807, 2.05) is 0 Å². The van der Waals surface area contributed by atoms with Crippen LogP contribution in [0.25, 0.3) is 0 Å². The first-order chi connectivity index (χ1) is 4.93. The molecule has 0 amide bonds. The van der Waals surface area contributed by atoms with Crippen LogP contribution >= 0.6 is 35.9 Å². The number of halogens is 1. The van der Waals surface area contributed by atoms with Gasteiger partial charge in [-0.2, -0.15) is 0 Å². The Morgan fingerprint density at radius 1 is 1.27 bits per heavy atom. The van der Waals surface area contributed by atoms with Crippen molar-refractivity contribution in [2.75, 3.05) is 18.1 Å². The molecule has 1 aliphatic heterocycles. The molecule has 0 aliphatic carbocycles. The van der Waals surface area contributed by atoms with Gasteiger partial charge in [0, 0.05) is 0 Å². The molecule has 1 nitrogen and oxygen atoms in total. The minimum absolute atomic E-state index is 0. The van der Waals surface area contributed by atoms with E-state index < -0.39 is 0 Å². The van der Waals surface area contributed by atoms with Gasteiger partial charge in [-0.1, -0.05) is 0 Å². The van der Waals surface area contributed by atoms with Crippen LogP contribution in [0.2, 0.25) is 0 Å². The number of rotatable bonds is 3.